The van der Waals surface area contributed by atoms with Gasteiger partial charge in [0.2, 0.25) is 10.0 Å². The van der Waals surface area contributed by atoms with Crippen molar-refractivity contribution in [3.63, 3.8) is 0 Å². The first-order chi connectivity index (χ1) is 18.9. The van der Waals surface area contributed by atoms with Crippen LogP contribution in [0, 0.1) is 5.92 Å². The van der Waals surface area contributed by atoms with Crippen LogP contribution in [-0.4, -0.2) is 94.3 Å². The van der Waals surface area contributed by atoms with Crippen LogP contribution in [0.15, 0.2) is 53.4 Å². The molecule has 3 rings (SSSR count). The van der Waals surface area contributed by atoms with Crippen LogP contribution in [0.4, 0.5) is 5.69 Å². The Morgan fingerprint density at radius 1 is 1.07 bits per heavy atom. The first-order valence-electron chi connectivity index (χ1n) is 14.0. The van der Waals surface area contributed by atoms with Gasteiger partial charge in [-0.2, -0.15) is 4.31 Å². The Labute approximate surface area is 239 Å². The van der Waals surface area contributed by atoms with E-state index >= 15 is 0 Å². The van der Waals surface area contributed by atoms with Crippen molar-refractivity contribution in [1.29, 1.82) is 0 Å². The number of ether oxygens (including phenoxy) is 2. The number of aliphatic hydroxyl groups is 1. The van der Waals surface area contributed by atoms with Gasteiger partial charge < -0.3 is 24.4 Å². The van der Waals surface area contributed by atoms with Crippen LogP contribution in [0.3, 0.4) is 0 Å². The number of anilines is 1. The fourth-order valence-electron chi connectivity index (χ4n) is 4.78. The summed E-state index contributed by atoms with van der Waals surface area (Å²) in [5.41, 5.74) is 1.30. The molecule has 2 aromatic rings. The lowest BCUT2D eigenvalue weighted by Crippen LogP contribution is -2.48. The van der Waals surface area contributed by atoms with Crippen molar-refractivity contribution >= 4 is 21.6 Å². The zero-order valence-corrected chi connectivity index (χ0v) is 25.4. The fourth-order valence-corrected chi connectivity index (χ4v) is 5.98. The highest BCUT2D eigenvalue weighted by atomic mass is 32.2. The predicted molar refractivity (Wildman–Crippen MR) is 157 cm³/mol. The summed E-state index contributed by atoms with van der Waals surface area (Å²) >= 11 is 0. The van der Waals surface area contributed by atoms with Crippen molar-refractivity contribution in [2.24, 2.45) is 5.92 Å². The lowest BCUT2D eigenvalue weighted by Gasteiger charge is -2.35. The average Bonchev–Trinajstić information content (AvgIpc) is 2.94. The molecule has 1 aliphatic rings. The van der Waals surface area contributed by atoms with Crippen molar-refractivity contribution in [2.45, 2.75) is 63.2 Å². The maximum absolute atomic E-state index is 14.1. The van der Waals surface area contributed by atoms with Gasteiger partial charge in [-0.1, -0.05) is 25.1 Å². The second-order valence-electron chi connectivity index (χ2n) is 11.0. The molecule has 0 fully saturated rings. The molecule has 9 nitrogen and oxygen atoms in total. The van der Waals surface area contributed by atoms with Gasteiger partial charge in [-0.05, 0) is 63.4 Å². The van der Waals surface area contributed by atoms with E-state index in [1.807, 2.05) is 51.0 Å². The molecule has 1 amide bonds. The Hall–Kier alpha value is -2.66. The highest BCUT2D eigenvalue weighted by molar-refractivity contribution is 7.89. The number of hydrogen-bond donors (Lipinski definition) is 1. The number of nitrogens with zero attached hydrogens (tertiary/aromatic N) is 3. The molecule has 4 atom stereocenters. The van der Waals surface area contributed by atoms with Crippen molar-refractivity contribution in [1.82, 2.24) is 9.21 Å². The molecule has 0 spiro atoms. The normalized spacial score (nSPS) is 22.2. The molecule has 0 saturated heterocycles. The molecular weight excluding hydrogens is 530 g/mol. The zero-order valence-electron chi connectivity index (χ0n) is 24.6. The van der Waals surface area contributed by atoms with Crippen molar-refractivity contribution in [2.75, 3.05) is 52.3 Å². The Bertz CT molecular complexity index is 1210. The molecule has 0 saturated carbocycles. The monoisotopic (exact) mass is 575 g/mol. The van der Waals surface area contributed by atoms with E-state index in [1.54, 1.807) is 49.2 Å². The molecule has 0 bridgehead atoms. The molecule has 1 heterocycles. The van der Waals surface area contributed by atoms with Crippen LogP contribution in [0.25, 0.3) is 0 Å². The molecule has 40 heavy (non-hydrogen) atoms. The van der Waals surface area contributed by atoms with Gasteiger partial charge in [0.15, 0.2) is 0 Å². The third-order valence-electron chi connectivity index (χ3n) is 7.44. The molecule has 0 aliphatic carbocycles. The standard InChI is InChI=1S/C30H45N3O6S/c1-22-19-33(23(2)21-34)30(35)27-18-25(31(4)5)15-16-28(27)39-24(3)12-10-11-17-38-29(22)20-32(6)40(36,37)26-13-8-7-9-14-26/h7-9,13-16,18,22-24,29,34H,10-12,17,19-21H2,1-6H3/t22-,23-,24+,29-/m1/s1. The summed E-state index contributed by atoms with van der Waals surface area (Å²) in [6.07, 6.45) is 1.88. The summed E-state index contributed by atoms with van der Waals surface area (Å²) in [4.78, 5) is 17.9. The maximum Gasteiger partial charge on any atom is 0.258 e. The zero-order chi connectivity index (χ0) is 29.4. The van der Waals surface area contributed by atoms with Gasteiger partial charge in [0.1, 0.15) is 5.75 Å². The van der Waals surface area contributed by atoms with E-state index in [0.717, 1.165) is 24.9 Å². The number of fused-ring (bicyclic) bond motifs is 1. The molecule has 2 aromatic carbocycles. The molecule has 0 aromatic heterocycles. The summed E-state index contributed by atoms with van der Waals surface area (Å²) in [5.74, 6) is 0.0412. The molecule has 0 unspecified atom stereocenters. The first kappa shape index (κ1) is 31.9. The number of sulfonamides is 1. The quantitative estimate of drug-likeness (QED) is 0.535. The lowest BCUT2D eigenvalue weighted by atomic mass is 10.0. The van der Waals surface area contributed by atoms with Gasteiger partial charge in [0.05, 0.1) is 35.3 Å². The molecular formula is C30H45N3O6S. The molecule has 10 heteroatoms. The summed E-state index contributed by atoms with van der Waals surface area (Å²) in [6.45, 7) is 6.40. The molecule has 1 aliphatic heterocycles. The number of aliphatic hydroxyl groups excluding tert-OH is 1. The number of amides is 1. The van der Waals surface area contributed by atoms with Gasteiger partial charge >= 0.3 is 0 Å². The maximum atomic E-state index is 14.1. The Morgan fingerprint density at radius 3 is 2.42 bits per heavy atom. The van der Waals surface area contributed by atoms with E-state index in [2.05, 4.69) is 0 Å². The number of benzene rings is 2. The molecule has 0 radical (unpaired) electrons. The van der Waals surface area contributed by atoms with Crippen LogP contribution < -0.4 is 9.64 Å². The van der Waals surface area contributed by atoms with Crippen molar-refractivity contribution in [3.8, 4) is 5.75 Å². The lowest BCUT2D eigenvalue weighted by molar-refractivity contribution is -0.00833. The van der Waals surface area contributed by atoms with E-state index < -0.39 is 22.2 Å². The SMILES string of the molecule is C[C@@H]1CN([C@H](C)CO)C(=O)c2cc(N(C)C)ccc2O[C@@H](C)CCCCO[C@@H]1CN(C)S(=O)(=O)c1ccccc1. The smallest absolute Gasteiger partial charge is 0.258 e. The fraction of sp³-hybridized carbons (Fsp3) is 0.567. The Balaban J connectivity index is 1.96. The van der Waals surface area contributed by atoms with E-state index in [4.69, 9.17) is 9.47 Å². The highest BCUT2D eigenvalue weighted by Crippen LogP contribution is 2.29. The number of carbonyl (C=O) groups excluding carboxylic acids is 1. The molecule has 222 valence electrons. The minimum Gasteiger partial charge on any atom is -0.490 e. The van der Waals surface area contributed by atoms with Gasteiger partial charge in [0, 0.05) is 52.4 Å². The van der Waals surface area contributed by atoms with Crippen molar-refractivity contribution in [3.05, 3.63) is 54.1 Å². The third-order valence-corrected chi connectivity index (χ3v) is 9.28. The van der Waals surface area contributed by atoms with Gasteiger partial charge in [-0.15, -0.1) is 0 Å². The third kappa shape index (κ3) is 7.96. The topological polar surface area (TPSA) is 99.6 Å². The van der Waals surface area contributed by atoms with Crippen LogP contribution >= 0.6 is 0 Å². The predicted octanol–water partition coefficient (Wildman–Crippen LogP) is 3.87. The van der Waals surface area contributed by atoms with Crippen LogP contribution in [0.1, 0.15) is 50.4 Å². The van der Waals surface area contributed by atoms with Crippen LogP contribution in [0.5, 0.6) is 5.75 Å². The van der Waals surface area contributed by atoms with E-state index in [1.165, 1.54) is 4.31 Å². The van der Waals surface area contributed by atoms with E-state index in [0.29, 0.717) is 17.9 Å². The Morgan fingerprint density at radius 2 is 1.77 bits per heavy atom. The van der Waals surface area contributed by atoms with Gasteiger partial charge in [-0.25, -0.2) is 8.42 Å². The van der Waals surface area contributed by atoms with Gasteiger partial charge in [-0.3, -0.25) is 4.79 Å². The van der Waals surface area contributed by atoms with Crippen molar-refractivity contribution < 1.29 is 27.8 Å². The van der Waals surface area contributed by atoms with E-state index in [-0.39, 0.29) is 42.5 Å². The van der Waals surface area contributed by atoms with Gasteiger partial charge in [0.25, 0.3) is 5.91 Å². The highest BCUT2D eigenvalue weighted by Gasteiger charge is 2.32. The number of carbonyl (C=O) groups is 1. The minimum atomic E-state index is -3.72. The summed E-state index contributed by atoms with van der Waals surface area (Å²) in [7, 11) is 1.67. The largest absolute Gasteiger partial charge is 0.490 e. The Kier molecular flexibility index (Phi) is 11.4. The summed E-state index contributed by atoms with van der Waals surface area (Å²) in [5, 5.41) is 10.1. The second-order valence-corrected chi connectivity index (χ2v) is 13.0. The number of hydrogen-bond acceptors (Lipinski definition) is 7. The number of rotatable bonds is 7. The van der Waals surface area contributed by atoms with Crippen LogP contribution in [0.2, 0.25) is 0 Å². The minimum absolute atomic E-state index is 0.111. The molecule has 1 N–H and O–H groups in total. The van der Waals surface area contributed by atoms with Crippen LogP contribution in [-0.2, 0) is 14.8 Å². The summed E-state index contributed by atoms with van der Waals surface area (Å²) < 4.78 is 40.4. The van der Waals surface area contributed by atoms with E-state index in [9.17, 15) is 18.3 Å². The number of likely N-dealkylation sites (N-methyl/N-ethyl adjacent to an activating group) is 1. The first-order valence-corrected chi connectivity index (χ1v) is 15.4. The average molecular weight is 576 g/mol. The second kappa shape index (κ2) is 14.3. The summed E-state index contributed by atoms with van der Waals surface area (Å²) in [6, 6.07) is 13.5.